The van der Waals surface area contributed by atoms with E-state index in [0.717, 1.165) is 19.5 Å². The van der Waals surface area contributed by atoms with Crippen LogP contribution in [0.5, 0.6) is 0 Å². The average Bonchev–Trinajstić information content (AvgIpc) is 3.06. The first-order valence-electron chi connectivity index (χ1n) is 6.70. The molecule has 20 heavy (non-hydrogen) atoms. The number of hydrogen-bond donors (Lipinski definition) is 3. The van der Waals surface area contributed by atoms with Gasteiger partial charge in [-0.1, -0.05) is 0 Å². The Hall–Kier alpha value is -1.86. The number of nitrogens with one attached hydrogen (secondary N) is 2. The van der Waals surface area contributed by atoms with Gasteiger partial charge < -0.3 is 15.5 Å². The SMILES string of the molecule is NCC1CCN(CC(=O)NC(=O)NCc2ccco2)C1. The second-order valence-corrected chi connectivity index (χ2v) is 4.94. The predicted octanol–water partition coefficient (Wildman–Crippen LogP) is -0.114. The second kappa shape index (κ2) is 7.06. The lowest BCUT2D eigenvalue weighted by atomic mass is 10.1. The lowest BCUT2D eigenvalue weighted by Gasteiger charge is -2.14. The van der Waals surface area contributed by atoms with Gasteiger partial charge in [0.15, 0.2) is 0 Å². The van der Waals surface area contributed by atoms with Gasteiger partial charge in [0.2, 0.25) is 5.91 Å². The van der Waals surface area contributed by atoms with Crippen LogP contribution in [0.15, 0.2) is 22.8 Å². The summed E-state index contributed by atoms with van der Waals surface area (Å²) in [5, 5.41) is 4.86. The van der Waals surface area contributed by atoms with Crippen molar-refractivity contribution in [2.45, 2.75) is 13.0 Å². The molecule has 7 heteroatoms. The Labute approximate surface area is 117 Å². The fourth-order valence-electron chi connectivity index (χ4n) is 2.24. The highest BCUT2D eigenvalue weighted by atomic mass is 16.3. The zero-order chi connectivity index (χ0) is 14.4. The number of carbonyl (C=O) groups excluding carboxylic acids is 2. The van der Waals surface area contributed by atoms with Crippen molar-refractivity contribution in [3.63, 3.8) is 0 Å². The smallest absolute Gasteiger partial charge is 0.321 e. The number of carbonyl (C=O) groups is 2. The van der Waals surface area contributed by atoms with Gasteiger partial charge in [0.1, 0.15) is 5.76 Å². The number of urea groups is 1. The van der Waals surface area contributed by atoms with Crippen molar-refractivity contribution in [3.8, 4) is 0 Å². The van der Waals surface area contributed by atoms with Gasteiger partial charge in [0.05, 0.1) is 19.4 Å². The molecule has 0 bridgehead atoms. The van der Waals surface area contributed by atoms with E-state index < -0.39 is 6.03 Å². The van der Waals surface area contributed by atoms with Crippen LogP contribution < -0.4 is 16.4 Å². The molecule has 3 amide bonds. The molecule has 1 unspecified atom stereocenters. The maximum atomic E-state index is 11.7. The Morgan fingerprint density at radius 1 is 1.50 bits per heavy atom. The molecule has 7 nitrogen and oxygen atoms in total. The summed E-state index contributed by atoms with van der Waals surface area (Å²) in [6.07, 6.45) is 2.54. The minimum absolute atomic E-state index is 0.227. The summed E-state index contributed by atoms with van der Waals surface area (Å²) in [5.74, 6) is 0.785. The van der Waals surface area contributed by atoms with E-state index in [4.69, 9.17) is 10.2 Å². The molecule has 1 aliphatic heterocycles. The number of likely N-dealkylation sites (tertiary alicyclic amines) is 1. The molecule has 1 aromatic rings. The molecule has 2 heterocycles. The summed E-state index contributed by atoms with van der Waals surface area (Å²) in [6, 6.07) is 2.97. The molecule has 1 saturated heterocycles. The third kappa shape index (κ3) is 4.36. The standard InChI is InChI=1S/C13H20N4O3/c14-6-10-3-4-17(8-10)9-12(18)16-13(19)15-7-11-2-1-5-20-11/h1-2,5,10H,3-4,6-9,14H2,(H2,15,16,18,19). The number of hydrogen-bond acceptors (Lipinski definition) is 5. The Morgan fingerprint density at radius 3 is 3.00 bits per heavy atom. The number of rotatable bonds is 5. The molecule has 4 N–H and O–H groups in total. The molecule has 0 aliphatic carbocycles. The van der Waals surface area contributed by atoms with Crippen LogP contribution in [0.3, 0.4) is 0 Å². The molecule has 2 rings (SSSR count). The van der Waals surface area contributed by atoms with Crippen LogP contribution in [-0.4, -0.2) is 43.0 Å². The summed E-state index contributed by atoms with van der Waals surface area (Å²) < 4.78 is 5.07. The van der Waals surface area contributed by atoms with Gasteiger partial charge in [-0.2, -0.15) is 0 Å². The summed E-state index contributed by atoms with van der Waals surface area (Å²) in [6.45, 7) is 2.79. The van der Waals surface area contributed by atoms with Gasteiger partial charge >= 0.3 is 6.03 Å². The van der Waals surface area contributed by atoms with E-state index in [-0.39, 0.29) is 19.0 Å². The van der Waals surface area contributed by atoms with E-state index >= 15 is 0 Å². The number of furan rings is 1. The van der Waals surface area contributed by atoms with Gasteiger partial charge in [-0.3, -0.25) is 15.0 Å². The number of amides is 3. The molecule has 1 aromatic heterocycles. The van der Waals surface area contributed by atoms with E-state index in [1.165, 1.54) is 6.26 Å². The Kier molecular flexibility index (Phi) is 5.14. The number of imide groups is 1. The first-order chi connectivity index (χ1) is 9.67. The lowest BCUT2D eigenvalue weighted by molar-refractivity contribution is -0.120. The summed E-state index contributed by atoms with van der Waals surface area (Å²) in [4.78, 5) is 25.2. The molecule has 1 aliphatic rings. The van der Waals surface area contributed by atoms with Crippen LogP contribution in [-0.2, 0) is 11.3 Å². The monoisotopic (exact) mass is 280 g/mol. The maximum absolute atomic E-state index is 11.7. The third-order valence-electron chi connectivity index (χ3n) is 3.33. The minimum atomic E-state index is -0.513. The first-order valence-corrected chi connectivity index (χ1v) is 6.70. The fraction of sp³-hybridized carbons (Fsp3) is 0.538. The lowest BCUT2D eigenvalue weighted by Crippen LogP contribution is -2.44. The Morgan fingerprint density at radius 2 is 2.35 bits per heavy atom. The van der Waals surface area contributed by atoms with Crippen LogP contribution in [0, 0.1) is 5.92 Å². The van der Waals surface area contributed by atoms with E-state index in [2.05, 4.69) is 10.6 Å². The predicted molar refractivity (Wildman–Crippen MR) is 72.7 cm³/mol. The van der Waals surface area contributed by atoms with E-state index in [9.17, 15) is 9.59 Å². The summed E-state index contributed by atoms with van der Waals surface area (Å²) >= 11 is 0. The van der Waals surface area contributed by atoms with Crippen LogP contribution >= 0.6 is 0 Å². The van der Waals surface area contributed by atoms with E-state index in [0.29, 0.717) is 18.2 Å². The topological polar surface area (TPSA) is 101 Å². The average molecular weight is 280 g/mol. The fourth-order valence-corrected chi connectivity index (χ4v) is 2.24. The van der Waals surface area contributed by atoms with Gasteiger partial charge in [0.25, 0.3) is 0 Å². The number of nitrogens with two attached hydrogens (primary N) is 1. The van der Waals surface area contributed by atoms with Crippen LogP contribution in [0.25, 0.3) is 0 Å². The summed E-state index contributed by atoms with van der Waals surface area (Å²) in [5.41, 5.74) is 5.59. The van der Waals surface area contributed by atoms with Gasteiger partial charge in [-0.25, -0.2) is 4.79 Å². The van der Waals surface area contributed by atoms with Crippen molar-refractivity contribution >= 4 is 11.9 Å². The Bertz CT molecular complexity index is 446. The molecule has 0 spiro atoms. The Balaban J connectivity index is 1.65. The zero-order valence-electron chi connectivity index (χ0n) is 11.3. The second-order valence-electron chi connectivity index (χ2n) is 4.94. The van der Waals surface area contributed by atoms with Gasteiger partial charge in [-0.05, 0) is 37.6 Å². The van der Waals surface area contributed by atoms with Crippen molar-refractivity contribution in [1.82, 2.24) is 15.5 Å². The van der Waals surface area contributed by atoms with Crippen molar-refractivity contribution in [2.24, 2.45) is 11.7 Å². The largest absolute Gasteiger partial charge is 0.467 e. The highest BCUT2D eigenvalue weighted by Gasteiger charge is 2.23. The molecular weight excluding hydrogens is 260 g/mol. The quantitative estimate of drug-likeness (QED) is 0.698. The molecule has 110 valence electrons. The van der Waals surface area contributed by atoms with Crippen LogP contribution in [0.1, 0.15) is 12.2 Å². The van der Waals surface area contributed by atoms with Crippen molar-refractivity contribution in [3.05, 3.63) is 24.2 Å². The van der Waals surface area contributed by atoms with Crippen LogP contribution in [0.2, 0.25) is 0 Å². The molecule has 1 fully saturated rings. The zero-order valence-corrected chi connectivity index (χ0v) is 11.3. The molecule has 1 atom stereocenters. The van der Waals surface area contributed by atoms with Gasteiger partial charge in [-0.15, -0.1) is 0 Å². The molecule has 0 radical (unpaired) electrons. The highest BCUT2D eigenvalue weighted by Crippen LogP contribution is 2.13. The van der Waals surface area contributed by atoms with Crippen LogP contribution in [0.4, 0.5) is 4.79 Å². The third-order valence-corrected chi connectivity index (χ3v) is 3.33. The summed E-state index contributed by atoms with van der Waals surface area (Å²) in [7, 11) is 0. The van der Waals surface area contributed by atoms with E-state index in [1.54, 1.807) is 12.1 Å². The maximum Gasteiger partial charge on any atom is 0.321 e. The normalized spacial score (nSPS) is 18.9. The highest BCUT2D eigenvalue weighted by molar-refractivity contribution is 5.95. The number of nitrogens with zero attached hydrogens (tertiary/aromatic N) is 1. The van der Waals surface area contributed by atoms with Crippen molar-refractivity contribution < 1.29 is 14.0 Å². The minimum Gasteiger partial charge on any atom is -0.467 e. The van der Waals surface area contributed by atoms with Gasteiger partial charge in [0, 0.05) is 6.54 Å². The molecule has 0 saturated carbocycles. The molecular formula is C13H20N4O3. The van der Waals surface area contributed by atoms with Crippen molar-refractivity contribution in [1.29, 1.82) is 0 Å². The molecule has 0 aromatic carbocycles. The first kappa shape index (κ1) is 14.5. The van der Waals surface area contributed by atoms with E-state index in [1.807, 2.05) is 4.90 Å². The van der Waals surface area contributed by atoms with Crippen molar-refractivity contribution in [2.75, 3.05) is 26.2 Å².